The first-order chi connectivity index (χ1) is 8.66. The fourth-order valence-electron chi connectivity index (χ4n) is 2.62. The number of hydrogen-bond acceptors (Lipinski definition) is 2. The molecule has 1 aromatic rings. The standard InChI is InChI=1S/C15H22ClNO/c1-11(17)15(13-6-8-14(16)9-7-13)18-10-12-4-2-3-5-12/h6-9,11-12,15H,2-5,10,17H2,1H3. The molecule has 0 spiro atoms. The lowest BCUT2D eigenvalue weighted by molar-refractivity contribution is 0.0169. The first-order valence-corrected chi connectivity index (χ1v) is 7.17. The Morgan fingerprint density at radius 2 is 1.89 bits per heavy atom. The zero-order valence-electron chi connectivity index (χ0n) is 10.9. The van der Waals surface area contributed by atoms with Crippen molar-refractivity contribution in [3.63, 3.8) is 0 Å². The maximum atomic E-state index is 6.05. The predicted octanol–water partition coefficient (Wildman–Crippen LogP) is 3.94. The molecule has 2 unspecified atom stereocenters. The van der Waals surface area contributed by atoms with E-state index >= 15 is 0 Å². The van der Waals surface area contributed by atoms with E-state index in [2.05, 4.69) is 0 Å². The first-order valence-electron chi connectivity index (χ1n) is 6.79. The minimum Gasteiger partial charge on any atom is -0.372 e. The molecule has 2 rings (SSSR count). The quantitative estimate of drug-likeness (QED) is 0.877. The number of halogens is 1. The third kappa shape index (κ3) is 3.71. The molecule has 0 amide bonds. The Hall–Kier alpha value is -0.570. The molecule has 0 heterocycles. The molecule has 0 bridgehead atoms. The van der Waals surface area contributed by atoms with Crippen molar-refractivity contribution in [2.45, 2.75) is 44.8 Å². The van der Waals surface area contributed by atoms with Gasteiger partial charge >= 0.3 is 0 Å². The SMILES string of the molecule is CC(N)C(OCC1CCCC1)c1ccc(Cl)cc1. The van der Waals surface area contributed by atoms with Gasteiger partial charge in [0, 0.05) is 11.1 Å². The van der Waals surface area contributed by atoms with E-state index in [4.69, 9.17) is 22.1 Å². The molecule has 1 aromatic carbocycles. The van der Waals surface area contributed by atoms with Gasteiger partial charge in [-0.1, -0.05) is 36.6 Å². The van der Waals surface area contributed by atoms with Gasteiger partial charge in [-0.3, -0.25) is 0 Å². The first kappa shape index (κ1) is 13.9. The summed E-state index contributed by atoms with van der Waals surface area (Å²) in [5.41, 5.74) is 7.15. The summed E-state index contributed by atoms with van der Waals surface area (Å²) in [4.78, 5) is 0. The van der Waals surface area contributed by atoms with Crippen LogP contribution < -0.4 is 5.73 Å². The van der Waals surface area contributed by atoms with Gasteiger partial charge in [-0.25, -0.2) is 0 Å². The third-order valence-corrected chi connectivity index (χ3v) is 3.91. The predicted molar refractivity (Wildman–Crippen MR) is 75.8 cm³/mol. The molecule has 1 aliphatic carbocycles. The molecule has 0 aliphatic heterocycles. The molecular formula is C15H22ClNO. The Labute approximate surface area is 114 Å². The van der Waals surface area contributed by atoms with Crippen LogP contribution in [0.3, 0.4) is 0 Å². The van der Waals surface area contributed by atoms with Crippen LogP contribution in [0.5, 0.6) is 0 Å². The van der Waals surface area contributed by atoms with E-state index in [1.807, 2.05) is 31.2 Å². The Kier molecular flexibility index (Phi) is 5.04. The lowest BCUT2D eigenvalue weighted by Gasteiger charge is -2.23. The average molecular weight is 268 g/mol. The van der Waals surface area contributed by atoms with Crippen molar-refractivity contribution in [1.29, 1.82) is 0 Å². The molecule has 2 N–H and O–H groups in total. The lowest BCUT2D eigenvalue weighted by atomic mass is 10.0. The summed E-state index contributed by atoms with van der Waals surface area (Å²) < 4.78 is 6.05. The van der Waals surface area contributed by atoms with E-state index in [0.717, 1.165) is 23.1 Å². The van der Waals surface area contributed by atoms with Gasteiger partial charge in [0.05, 0.1) is 12.7 Å². The van der Waals surface area contributed by atoms with Crippen LogP contribution >= 0.6 is 11.6 Å². The number of nitrogens with two attached hydrogens (primary N) is 1. The normalized spacial score (nSPS) is 19.9. The summed E-state index contributed by atoms with van der Waals surface area (Å²) in [6.45, 7) is 2.82. The molecule has 1 fully saturated rings. The smallest absolute Gasteiger partial charge is 0.0973 e. The van der Waals surface area contributed by atoms with Crippen molar-refractivity contribution in [3.8, 4) is 0 Å². The van der Waals surface area contributed by atoms with Gasteiger partial charge in [0.1, 0.15) is 0 Å². The number of rotatable bonds is 5. The van der Waals surface area contributed by atoms with Crippen LogP contribution in [0, 0.1) is 5.92 Å². The zero-order valence-corrected chi connectivity index (χ0v) is 11.7. The Morgan fingerprint density at radius 1 is 1.28 bits per heavy atom. The largest absolute Gasteiger partial charge is 0.372 e. The second kappa shape index (κ2) is 6.55. The van der Waals surface area contributed by atoms with Gasteiger partial charge in [-0.05, 0) is 43.4 Å². The van der Waals surface area contributed by atoms with Crippen LogP contribution in [-0.4, -0.2) is 12.6 Å². The molecule has 18 heavy (non-hydrogen) atoms. The Bertz CT molecular complexity index is 357. The van der Waals surface area contributed by atoms with Crippen LogP contribution in [0.15, 0.2) is 24.3 Å². The Morgan fingerprint density at radius 3 is 2.44 bits per heavy atom. The van der Waals surface area contributed by atoms with E-state index in [1.54, 1.807) is 0 Å². The monoisotopic (exact) mass is 267 g/mol. The molecule has 1 saturated carbocycles. The Balaban J connectivity index is 1.96. The average Bonchev–Trinajstić information content (AvgIpc) is 2.84. The van der Waals surface area contributed by atoms with Gasteiger partial charge in [-0.15, -0.1) is 0 Å². The van der Waals surface area contributed by atoms with Crippen LogP contribution in [0.25, 0.3) is 0 Å². The van der Waals surface area contributed by atoms with E-state index in [0.29, 0.717) is 0 Å². The summed E-state index contributed by atoms with van der Waals surface area (Å²) in [7, 11) is 0. The van der Waals surface area contributed by atoms with Gasteiger partial charge in [0.2, 0.25) is 0 Å². The van der Waals surface area contributed by atoms with E-state index < -0.39 is 0 Å². The van der Waals surface area contributed by atoms with E-state index in [1.165, 1.54) is 25.7 Å². The fourth-order valence-corrected chi connectivity index (χ4v) is 2.75. The van der Waals surface area contributed by atoms with Gasteiger partial charge < -0.3 is 10.5 Å². The highest BCUT2D eigenvalue weighted by molar-refractivity contribution is 6.30. The number of ether oxygens (including phenoxy) is 1. The maximum Gasteiger partial charge on any atom is 0.0973 e. The van der Waals surface area contributed by atoms with Gasteiger partial charge in [-0.2, -0.15) is 0 Å². The molecule has 2 atom stereocenters. The molecule has 1 aliphatic rings. The highest BCUT2D eigenvalue weighted by Crippen LogP contribution is 2.28. The molecule has 0 radical (unpaired) electrons. The van der Waals surface area contributed by atoms with Crippen molar-refractivity contribution in [1.82, 2.24) is 0 Å². The summed E-state index contributed by atoms with van der Waals surface area (Å²) in [6.07, 6.45) is 5.26. The third-order valence-electron chi connectivity index (χ3n) is 3.66. The topological polar surface area (TPSA) is 35.2 Å². The molecular weight excluding hydrogens is 246 g/mol. The molecule has 100 valence electrons. The second-order valence-electron chi connectivity index (χ2n) is 5.32. The number of hydrogen-bond donors (Lipinski definition) is 1. The van der Waals surface area contributed by atoms with Crippen LogP contribution in [0.4, 0.5) is 0 Å². The van der Waals surface area contributed by atoms with E-state index in [9.17, 15) is 0 Å². The summed E-state index contributed by atoms with van der Waals surface area (Å²) in [5, 5.41) is 0.748. The second-order valence-corrected chi connectivity index (χ2v) is 5.75. The van der Waals surface area contributed by atoms with Crippen LogP contribution in [0.2, 0.25) is 5.02 Å². The van der Waals surface area contributed by atoms with Gasteiger partial charge in [0.15, 0.2) is 0 Å². The summed E-state index contributed by atoms with van der Waals surface area (Å²) in [5.74, 6) is 0.721. The highest BCUT2D eigenvalue weighted by atomic mass is 35.5. The fraction of sp³-hybridized carbons (Fsp3) is 0.600. The number of benzene rings is 1. The molecule has 0 saturated heterocycles. The van der Waals surface area contributed by atoms with Gasteiger partial charge in [0.25, 0.3) is 0 Å². The van der Waals surface area contributed by atoms with Crippen LogP contribution in [0.1, 0.15) is 44.3 Å². The minimum atomic E-state index is -0.0251. The summed E-state index contributed by atoms with van der Waals surface area (Å²) in [6, 6.07) is 7.79. The summed E-state index contributed by atoms with van der Waals surface area (Å²) >= 11 is 5.90. The minimum absolute atomic E-state index is 0.00687. The maximum absolute atomic E-state index is 6.05. The molecule has 0 aromatic heterocycles. The molecule has 2 nitrogen and oxygen atoms in total. The zero-order chi connectivity index (χ0) is 13.0. The van der Waals surface area contributed by atoms with Crippen molar-refractivity contribution in [2.75, 3.05) is 6.61 Å². The van der Waals surface area contributed by atoms with Crippen molar-refractivity contribution < 1.29 is 4.74 Å². The van der Waals surface area contributed by atoms with Crippen molar-refractivity contribution in [3.05, 3.63) is 34.9 Å². The highest BCUT2D eigenvalue weighted by Gasteiger charge is 2.21. The molecule has 3 heteroatoms. The van der Waals surface area contributed by atoms with Crippen LogP contribution in [-0.2, 0) is 4.74 Å². The van der Waals surface area contributed by atoms with Crippen molar-refractivity contribution in [2.24, 2.45) is 11.7 Å². The van der Waals surface area contributed by atoms with Crippen molar-refractivity contribution >= 4 is 11.6 Å². The van der Waals surface area contributed by atoms with E-state index in [-0.39, 0.29) is 12.1 Å². The lowest BCUT2D eigenvalue weighted by Crippen LogP contribution is -2.28.